The van der Waals surface area contributed by atoms with Crippen LogP contribution in [0.3, 0.4) is 0 Å². The number of carbonyl (C=O) groups is 1. The molecule has 4 nitrogen and oxygen atoms in total. The molecule has 1 rings (SSSR count). The van der Waals surface area contributed by atoms with E-state index in [2.05, 4.69) is 32.9 Å². The van der Waals surface area contributed by atoms with Crippen LogP contribution in [0, 0.1) is 6.92 Å². The number of esters is 1. The molecule has 0 saturated carbocycles. The number of methoxy groups -OCH3 is 1. The molecule has 0 aromatic heterocycles. The summed E-state index contributed by atoms with van der Waals surface area (Å²) in [7, 11) is 1.70. The Kier molecular flexibility index (Phi) is 7.56. The Balaban J connectivity index is 2.71. The van der Waals surface area contributed by atoms with Gasteiger partial charge < -0.3 is 14.6 Å². The number of hydrogen-bond acceptors (Lipinski definition) is 4. The van der Waals surface area contributed by atoms with E-state index in [0.717, 1.165) is 22.4 Å². The fourth-order valence-corrected chi connectivity index (χ4v) is 2.54. The van der Waals surface area contributed by atoms with Gasteiger partial charge in [-0.05, 0) is 42.7 Å². The summed E-state index contributed by atoms with van der Waals surface area (Å²) in [6.07, 6.45) is 2.40. The van der Waals surface area contributed by atoms with Crippen molar-refractivity contribution in [2.45, 2.75) is 58.8 Å². The van der Waals surface area contributed by atoms with E-state index in [-0.39, 0.29) is 18.0 Å². The summed E-state index contributed by atoms with van der Waals surface area (Å²) in [6.45, 7) is 9.02. The van der Waals surface area contributed by atoms with Gasteiger partial charge in [-0.2, -0.15) is 0 Å². The van der Waals surface area contributed by atoms with Gasteiger partial charge in [0.1, 0.15) is 5.75 Å². The summed E-state index contributed by atoms with van der Waals surface area (Å²) < 4.78 is 10.7. The summed E-state index contributed by atoms with van der Waals surface area (Å²) in [5.74, 6) is 0.738. The van der Waals surface area contributed by atoms with E-state index in [0.29, 0.717) is 32.3 Å². The smallest absolute Gasteiger partial charge is 0.306 e. The number of aryl methyl sites for hydroxylation is 2. The van der Waals surface area contributed by atoms with Crippen molar-refractivity contribution in [3.8, 4) is 5.75 Å². The second-order valence-electron chi connectivity index (χ2n) is 6.89. The summed E-state index contributed by atoms with van der Waals surface area (Å²) in [5.41, 5.74) is 3.36. The molecular weight excluding hydrogens is 292 g/mol. The lowest BCUT2D eigenvalue weighted by Gasteiger charge is -2.24. The van der Waals surface area contributed by atoms with Gasteiger partial charge in [0.25, 0.3) is 0 Å². The molecule has 0 bridgehead atoms. The summed E-state index contributed by atoms with van der Waals surface area (Å²) in [5, 5.41) is 8.69. The van der Waals surface area contributed by atoms with Gasteiger partial charge in [-0.3, -0.25) is 4.79 Å². The van der Waals surface area contributed by atoms with Crippen molar-refractivity contribution in [3.63, 3.8) is 0 Å². The third-order valence-corrected chi connectivity index (χ3v) is 3.78. The number of unbranched alkanes of at least 4 members (excludes halogenated alkanes) is 1. The summed E-state index contributed by atoms with van der Waals surface area (Å²) in [4.78, 5) is 11.8. The first-order valence-corrected chi connectivity index (χ1v) is 8.24. The fraction of sp³-hybridized carbons (Fsp3) is 0.632. The van der Waals surface area contributed by atoms with E-state index in [9.17, 15) is 4.79 Å². The number of benzene rings is 1. The molecule has 0 aliphatic rings. The Hall–Kier alpha value is -1.55. The third-order valence-electron chi connectivity index (χ3n) is 3.78. The Morgan fingerprint density at radius 3 is 2.48 bits per heavy atom. The average Bonchev–Trinajstić information content (AvgIpc) is 2.48. The predicted molar refractivity (Wildman–Crippen MR) is 92.0 cm³/mol. The molecule has 1 aromatic carbocycles. The molecule has 0 spiro atoms. The fourth-order valence-electron chi connectivity index (χ4n) is 2.54. The first-order valence-electron chi connectivity index (χ1n) is 8.24. The van der Waals surface area contributed by atoms with E-state index in [1.165, 1.54) is 0 Å². The normalized spacial score (nSPS) is 11.4. The standard InChI is InChI=1S/C19H30O4/c1-14-12-15(8-9-17(21)23-11-7-6-10-20)13-16(18(14)22-5)19(2,3)4/h12-13,20H,6-11H2,1-5H3. The number of aliphatic hydroxyl groups is 1. The van der Waals surface area contributed by atoms with Gasteiger partial charge in [-0.1, -0.05) is 32.9 Å². The van der Waals surface area contributed by atoms with Crippen molar-refractivity contribution in [2.75, 3.05) is 20.3 Å². The largest absolute Gasteiger partial charge is 0.496 e. The molecule has 0 atom stereocenters. The lowest BCUT2D eigenvalue weighted by Crippen LogP contribution is -2.14. The minimum absolute atomic E-state index is 0.0169. The highest BCUT2D eigenvalue weighted by Gasteiger charge is 2.21. The van der Waals surface area contributed by atoms with Gasteiger partial charge in [0.05, 0.1) is 13.7 Å². The SMILES string of the molecule is COc1c(C)cc(CCC(=O)OCCCCO)cc1C(C)(C)C. The van der Waals surface area contributed by atoms with Crippen LogP contribution in [-0.2, 0) is 21.4 Å². The highest BCUT2D eigenvalue weighted by Crippen LogP contribution is 2.35. The number of ether oxygens (including phenoxy) is 2. The quantitative estimate of drug-likeness (QED) is 0.587. The second kappa shape index (κ2) is 8.92. The molecule has 130 valence electrons. The second-order valence-corrected chi connectivity index (χ2v) is 6.89. The van der Waals surface area contributed by atoms with Crippen LogP contribution in [0.5, 0.6) is 5.75 Å². The topological polar surface area (TPSA) is 55.8 Å². The number of rotatable bonds is 8. The lowest BCUT2D eigenvalue weighted by atomic mass is 9.83. The summed E-state index contributed by atoms with van der Waals surface area (Å²) in [6, 6.07) is 4.21. The van der Waals surface area contributed by atoms with Gasteiger partial charge in [0.15, 0.2) is 0 Å². The molecule has 23 heavy (non-hydrogen) atoms. The average molecular weight is 322 g/mol. The van der Waals surface area contributed by atoms with Gasteiger partial charge in [0, 0.05) is 18.6 Å². The van der Waals surface area contributed by atoms with Gasteiger partial charge >= 0.3 is 5.97 Å². The van der Waals surface area contributed by atoms with Crippen molar-refractivity contribution >= 4 is 5.97 Å². The van der Waals surface area contributed by atoms with Crippen LogP contribution < -0.4 is 4.74 Å². The number of aliphatic hydroxyl groups excluding tert-OH is 1. The molecule has 0 saturated heterocycles. The van der Waals surface area contributed by atoms with Crippen molar-refractivity contribution < 1.29 is 19.4 Å². The van der Waals surface area contributed by atoms with Crippen LogP contribution in [0.15, 0.2) is 12.1 Å². The highest BCUT2D eigenvalue weighted by atomic mass is 16.5. The van der Waals surface area contributed by atoms with Crippen molar-refractivity contribution in [3.05, 3.63) is 28.8 Å². The minimum Gasteiger partial charge on any atom is -0.496 e. The van der Waals surface area contributed by atoms with Crippen LogP contribution in [-0.4, -0.2) is 31.4 Å². The van der Waals surface area contributed by atoms with Crippen LogP contribution in [0.1, 0.15) is 56.7 Å². The zero-order valence-electron chi connectivity index (χ0n) is 15.1. The Morgan fingerprint density at radius 2 is 1.91 bits per heavy atom. The van der Waals surface area contributed by atoms with Gasteiger partial charge in [0.2, 0.25) is 0 Å². The number of carbonyl (C=O) groups excluding carboxylic acids is 1. The summed E-state index contributed by atoms with van der Waals surface area (Å²) >= 11 is 0. The molecule has 0 fully saturated rings. The number of hydrogen-bond donors (Lipinski definition) is 1. The van der Waals surface area contributed by atoms with Crippen molar-refractivity contribution in [1.29, 1.82) is 0 Å². The third kappa shape index (κ3) is 6.22. The molecule has 0 heterocycles. The Labute approximate surface area is 139 Å². The van der Waals surface area contributed by atoms with Gasteiger partial charge in [-0.25, -0.2) is 0 Å². The zero-order valence-corrected chi connectivity index (χ0v) is 15.1. The maximum absolute atomic E-state index is 11.8. The molecule has 1 aromatic rings. The molecule has 4 heteroatoms. The van der Waals surface area contributed by atoms with E-state index in [1.807, 2.05) is 6.92 Å². The molecule has 0 amide bonds. The molecule has 0 aliphatic heterocycles. The van der Waals surface area contributed by atoms with E-state index < -0.39 is 0 Å². The van der Waals surface area contributed by atoms with Gasteiger partial charge in [-0.15, -0.1) is 0 Å². The first-order chi connectivity index (χ1) is 10.8. The maximum Gasteiger partial charge on any atom is 0.306 e. The zero-order chi connectivity index (χ0) is 17.5. The first kappa shape index (κ1) is 19.5. The molecule has 0 unspecified atom stereocenters. The lowest BCUT2D eigenvalue weighted by molar-refractivity contribution is -0.143. The Bertz CT molecular complexity index is 515. The van der Waals surface area contributed by atoms with Crippen molar-refractivity contribution in [2.24, 2.45) is 0 Å². The molecule has 0 aliphatic carbocycles. The molecular formula is C19H30O4. The van der Waals surface area contributed by atoms with Crippen LogP contribution >= 0.6 is 0 Å². The van der Waals surface area contributed by atoms with Crippen LogP contribution in [0.2, 0.25) is 0 Å². The van der Waals surface area contributed by atoms with Crippen LogP contribution in [0.4, 0.5) is 0 Å². The van der Waals surface area contributed by atoms with Crippen LogP contribution in [0.25, 0.3) is 0 Å². The monoisotopic (exact) mass is 322 g/mol. The predicted octanol–water partition coefficient (Wildman–Crippen LogP) is 3.55. The minimum atomic E-state index is -0.186. The Morgan fingerprint density at radius 1 is 1.22 bits per heavy atom. The molecule has 1 N–H and O–H groups in total. The van der Waals surface area contributed by atoms with E-state index in [1.54, 1.807) is 7.11 Å². The van der Waals surface area contributed by atoms with Crippen molar-refractivity contribution in [1.82, 2.24) is 0 Å². The molecule has 0 radical (unpaired) electrons. The van der Waals surface area contributed by atoms with E-state index in [4.69, 9.17) is 14.6 Å². The highest BCUT2D eigenvalue weighted by molar-refractivity contribution is 5.69. The maximum atomic E-state index is 11.8. The van der Waals surface area contributed by atoms with E-state index >= 15 is 0 Å².